The number of carbonyl (C=O) groups is 2. The number of amides is 1. The van der Waals surface area contributed by atoms with Crippen LogP contribution in [0.5, 0.6) is 5.75 Å². The molecule has 1 aliphatic rings. The lowest BCUT2D eigenvalue weighted by Gasteiger charge is -2.08. The Morgan fingerprint density at radius 1 is 1.00 bits per heavy atom. The zero-order valence-corrected chi connectivity index (χ0v) is 13.2. The quantitative estimate of drug-likeness (QED) is 0.795. The number of hydrogen-bond acceptors (Lipinski definition) is 4. The van der Waals surface area contributed by atoms with E-state index in [9.17, 15) is 9.59 Å². The first kappa shape index (κ1) is 16.1. The molecular weight excluding hydrogens is 306 g/mol. The molecule has 0 aromatic heterocycles. The van der Waals surface area contributed by atoms with Crippen molar-refractivity contribution in [2.24, 2.45) is 0 Å². The Morgan fingerprint density at radius 3 is 2.38 bits per heavy atom. The van der Waals surface area contributed by atoms with Crippen LogP contribution >= 0.6 is 0 Å². The molecule has 1 amide bonds. The fraction of sp³-hybridized carbons (Fsp3) is 0.263. The van der Waals surface area contributed by atoms with Crippen molar-refractivity contribution in [1.29, 1.82) is 0 Å². The van der Waals surface area contributed by atoms with E-state index in [0.717, 1.165) is 18.4 Å². The fourth-order valence-electron chi connectivity index (χ4n) is 2.14. The van der Waals surface area contributed by atoms with Crippen LogP contribution in [0.2, 0.25) is 0 Å². The van der Waals surface area contributed by atoms with Crippen LogP contribution in [-0.2, 0) is 16.1 Å². The normalized spacial score (nSPS) is 13.2. The van der Waals surface area contributed by atoms with Crippen molar-refractivity contribution in [3.05, 3.63) is 65.7 Å². The molecule has 0 bridgehead atoms. The summed E-state index contributed by atoms with van der Waals surface area (Å²) in [4.78, 5) is 23.4. The van der Waals surface area contributed by atoms with Gasteiger partial charge in [-0.3, -0.25) is 4.79 Å². The third kappa shape index (κ3) is 4.84. The summed E-state index contributed by atoms with van der Waals surface area (Å²) in [6.45, 7) is 0.216. The summed E-state index contributed by atoms with van der Waals surface area (Å²) in [6.07, 6.45) is 2.01. The third-order valence-electron chi connectivity index (χ3n) is 3.62. The Bertz CT molecular complexity index is 693. The molecule has 0 aliphatic heterocycles. The number of benzene rings is 2. The van der Waals surface area contributed by atoms with Crippen molar-refractivity contribution in [2.75, 3.05) is 6.61 Å². The van der Waals surface area contributed by atoms with Gasteiger partial charge in [0.2, 0.25) is 0 Å². The van der Waals surface area contributed by atoms with Gasteiger partial charge in [-0.1, -0.05) is 30.3 Å². The van der Waals surface area contributed by atoms with Crippen molar-refractivity contribution in [3.63, 3.8) is 0 Å². The molecule has 0 unspecified atom stereocenters. The monoisotopic (exact) mass is 325 g/mol. The van der Waals surface area contributed by atoms with Crippen LogP contribution in [0.4, 0.5) is 0 Å². The molecule has 5 nitrogen and oxygen atoms in total. The van der Waals surface area contributed by atoms with Crippen molar-refractivity contribution in [3.8, 4) is 5.75 Å². The molecular formula is C19H19NO4. The van der Waals surface area contributed by atoms with E-state index in [1.807, 2.05) is 30.3 Å². The topological polar surface area (TPSA) is 64.6 Å². The van der Waals surface area contributed by atoms with Gasteiger partial charge in [0.05, 0.1) is 5.56 Å². The van der Waals surface area contributed by atoms with Crippen LogP contribution in [-0.4, -0.2) is 24.5 Å². The molecule has 0 heterocycles. The molecule has 2 aromatic rings. The largest absolute Gasteiger partial charge is 0.489 e. The maximum atomic E-state index is 11.9. The van der Waals surface area contributed by atoms with Crippen LogP contribution in [0, 0.1) is 0 Å². The lowest BCUT2D eigenvalue weighted by Crippen LogP contribution is -2.30. The first-order valence-electron chi connectivity index (χ1n) is 7.94. The smallest absolute Gasteiger partial charge is 0.338 e. The second kappa shape index (κ2) is 7.64. The Labute approximate surface area is 140 Å². The van der Waals surface area contributed by atoms with Gasteiger partial charge in [-0.15, -0.1) is 0 Å². The zero-order valence-electron chi connectivity index (χ0n) is 13.2. The van der Waals surface area contributed by atoms with Crippen molar-refractivity contribution in [1.82, 2.24) is 5.32 Å². The Balaban J connectivity index is 1.46. The predicted molar refractivity (Wildman–Crippen MR) is 88.7 cm³/mol. The van der Waals surface area contributed by atoms with Gasteiger partial charge in [0, 0.05) is 6.04 Å². The van der Waals surface area contributed by atoms with Gasteiger partial charge in [-0.05, 0) is 42.7 Å². The molecule has 1 saturated carbocycles. The molecule has 0 atom stereocenters. The number of esters is 1. The first-order chi connectivity index (χ1) is 11.7. The molecule has 1 fully saturated rings. The predicted octanol–water partition coefficient (Wildman–Crippen LogP) is 2.70. The van der Waals surface area contributed by atoms with Crippen LogP contribution in [0.3, 0.4) is 0 Å². The highest BCUT2D eigenvalue weighted by Crippen LogP contribution is 2.18. The van der Waals surface area contributed by atoms with Gasteiger partial charge >= 0.3 is 5.97 Å². The summed E-state index contributed by atoms with van der Waals surface area (Å²) < 4.78 is 10.7. The summed E-state index contributed by atoms with van der Waals surface area (Å²) in [7, 11) is 0. The van der Waals surface area contributed by atoms with Gasteiger partial charge in [-0.2, -0.15) is 0 Å². The molecule has 24 heavy (non-hydrogen) atoms. The molecule has 0 radical (unpaired) electrons. The maximum absolute atomic E-state index is 11.9. The second-order valence-electron chi connectivity index (χ2n) is 5.72. The minimum absolute atomic E-state index is 0.248. The summed E-state index contributed by atoms with van der Waals surface area (Å²) in [6, 6.07) is 16.8. The molecule has 1 N–H and O–H groups in total. The summed E-state index contributed by atoms with van der Waals surface area (Å²) in [5.41, 5.74) is 1.46. The SMILES string of the molecule is O=C(COC(=O)c1ccc(OCc2ccccc2)cc1)NC1CC1. The average Bonchev–Trinajstić information content (AvgIpc) is 3.43. The first-order valence-corrected chi connectivity index (χ1v) is 7.94. The standard InChI is InChI=1S/C19H19NO4/c21-18(20-16-8-9-16)13-24-19(22)15-6-10-17(11-7-15)23-12-14-4-2-1-3-5-14/h1-7,10-11,16H,8-9,12-13H2,(H,20,21). The summed E-state index contributed by atoms with van der Waals surface area (Å²) in [5, 5.41) is 2.77. The lowest BCUT2D eigenvalue weighted by atomic mass is 10.2. The number of hydrogen-bond donors (Lipinski definition) is 1. The Hall–Kier alpha value is -2.82. The van der Waals surface area contributed by atoms with E-state index in [1.54, 1.807) is 24.3 Å². The number of nitrogens with one attached hydrogen (secondary N) is 1. The molecule has 0 saturated heterocycles. The van der Waals surface area contributed by atoms with E-state index >= 15 is 0 Å². The summed E-state index contributed by atoms with van der Waals surface area (Å²) >= 11 is 0. The van der Waals surface area contributed by atoms with Crippen LogP contribution in [0.25, 0.3) is 0 Å². The minimum atomic E-state index is -0.518. The van der Waals surface area contributed by atoms with Crippen LogP contribution in [0.15, 0.2) is 54.6 Å². The molecule has 2 aromatic carbocycles. The van der Waals surface area contributed by atoms with Gasteiger partial charge in [0.25, 0.3) is 5.91 Å². The molecule has 0 spiro atoms. The van der Waals surface area contributed by atoms with Crippen LogP contribution in [0.1, 0.15) is 28.8 Å². The highest BCUT2D eigenvalue weighted by molar-refractivity contribution is 5.91. The number of carbonyl (C=O) groups excluding carboxylic acids is 2. The second-order valence-corrected chi connectivity index (χ2v) is 5.72. The zero-order chi connectivity index (χ0) is 16.8. The van der Waals surface area contributed by atoms with Crippen LogP contribution < -0.4 is 10.1 Å². The molecule has 124 valence electrons. The molecule has 5 heteroatoms. The highest BCUT2D eigenvalue weighted by atomic mass is 16.5. The minimum Gasteiger partial charge on any atom is -0.489 e. The van der Waals surface area contributed by atoms with E-state index in [-0.39, 0.29) is 18.6 Å². The lowest BCUT2D eigenvalue weighted by molar-refractivity contribution is -0.124. The van der Waals surface area contributed by atoms with E-state index < -0.39 is 5.97 Å². The van der Waals surface area contributed by atoms with E-state index in [2.05, 4.69) is 5.32 Å². The average molecular weight is 325 g/mol. The van der Waals surface area contributed by atoms with Gasteiger partial charge in [-0.25, -0.2) is 4.79 Å². The fourth-order valence-corrected chi connectivity index (χ4v) is 2.14. The van der Waals surface area contributed by atoms with E-state index in [4.69, 9.17) is 9.47 Å². The van der Waals surface area contributed by atoms with E-state index in [1.165, 1.54) is 0 Å². The van der Waals surface area contributed by atoms with Crippen molar-refractivity contribution < 1.29 is 19.1 Å². The highest BCUT2D eigenvalue weighted by Gasteiger charge is 2.23. The Morgan fingerprint density at radius 2 is 1.71 bits per heavy atom. The molecule has 1 aliphatic carbocycles. The maximum Gasteiger partial charge on any atom is 0.338 e. The van der Waals surface area contributed by atoms with E-state index in [0.29, 0.717) is 17.9 Å². The van der Waals surface area contributed by atoms with Gasteiger partial charge in [0.15, 0.2) is 6.61 Å². The van der Waals surface area contributed by atoms with Crippen molar-refractivity contribution >= 4 is 11.9 Å². The van der Waals surface area contributed by atoms with Gasteiger partial charge in [0.1, 0.15) is 12.4 Å². The molecule has 3 rings (SSSR count). The summed E-state index contributed by atoms with van der Waals surface area (Å²) in [5.74, 6) is -0.105. The number of ether oxygens (including phenoxy) is 2. The van der Waals surface area contributed by atoms with Crippen molar-refractivity contribution in [2.45, 2.75) is 25.5 Å². The third-order valence-corrected chi connectivity index (χ3v) is 3.62. The number of rotatable bonds is 7. The Kier molecular flexibility index (Phi) is 5.11. The van der Waals surface area contributed by atoms with Gasteiger partial charge < -0.3 is 14.8 Å².